The molecular weight excluding hydrogens is 270 g/mol. The van der Waals surface area contributed by atoms with Gasteiger partial charge in [0, 0.05) is 24.2 Å². The smallest absolute Gasteiger partial charge is 0.179 e. The molecule has 0 amide bonds. The maximum absolute atomic E-state index is 6.40. The van der Waals surface area contributed by atoms with Crippen LogP contribution >= 0.6 is 0 Å². The van der Waals surface area contributed by atoms with E-state index < -0.39 is 0 Å². The van der Waals surface area contributed by atoms with Crippen molar-refractivity contribution in [1.29, 1.82) is 0 Å². The van der Waals surface area contributed by atoms with E-state index >= 15 is 0 Å². The minimum absolute atomic E-state index is 0.0394. The van der Waals surface area contributed by atoms with Crippen molar-refractivity contribution in [2.75, 3.05) is 13.1 Å². The number of benzene rings is 2. The van der Waals surface area contributed by atoms with Crippen LogP contribution in [0.3, 0.4) is 0 Å². The van der Waals surface area contributed by atoms with Gasteiger partial charge in [0.25, 0.3) is 0 Å². The highest BCUT2D eigenvalue weighted by Gasteiger charge is 2.30. The minimum Gasteiger partial charge on any atom is -0.470 e. The maximum atomic E-state index is 6.40. The molecule has 1 saturated heterocycles. The van der Waals surface area contributed by atoms with Crippen molar-refractivity contribution < 1.29 is 4.74 Å². The van der Waals surface area contributed by atoms with Crippen LogP contribution in [-0.4, -0.2) is 24.2 Å². The summed E-state index contributed by atoms with van der Waals surface area (Å²) < 4.78 is 6.40. The van der Waals surface area contributed by atoms with Gasteiger partial charge >= 0.3 is 0 Å². The Kier molecular flexibility index (Phi) is 3.69. The number of fused-ring (bicyclic) bond motifs is 1. The molecule has 2 nitrogen and oxygen atoms in total. The lowest BCUT2D eigenvalue weighted by molar-refractivity contribution is 0.0532. The third-order valence-electron chi connectivity index (χ3n) is 4.56. The predicted molar refractivity (Wildman–Crippen MR) is 90.6 cm³/mol. The zero-order chi connectivity index (χ0) is 14.8. The highest BCUT2D eigenvalue weighted by atomic mass is 16.5. The predicted octanol–water partition coefficient (Wildman–Crippen LogP) is 4.43. The van der Waals surface area contributed by atoms with E-state index in [-0.39, 0.29) is 6.23 Å². The molecule has 2 aliphatic heterocycles. The van der Waals surface area contributed by atoms with Crippen molar-refractivity contribution in [2.45, 2.75) is 25.5 Å². The van der Waals surface area contributed by atoms with E-state index in [2.05, 4.69) is 59.5 Å². The fourth-order valence-corrected chi connectivity index (χ4v) is 3.41. The molecule has 0 aromatic heterocycles. The van der Waals surface area contributed by atoms with Crippen molar-refractivity contribution in [3.63, 3.8) is 0 Å². The number of rotatable bonds is 2. The highest BCUT2D eigenvalue weighted by molar-refractivity contribution is 5.87. The van der Waals surface area contributed by atoms with Crippen LogP contribution in [-0.2, 0) is 0 Å². The molecule has 2 aromatic carbocycles. The van der Waals surface area contributed by atoms with Crippen LogP contribution in [0.2, 0.25) is 0 Å². The number of likely N-dealkylation sites (tertiary alicyclic amines) is 1. The third kappa shape index (κ3) is 2.55. The normalized spacial score (nSPS) is 21.6. The van der Waals surface area contributed by atoms with Crippen molar-refractivity contribution in [2.24, 2.45) is 0 Å². The number of ether oxygens (including phenoxy) is 1. The van der Waals surface area contributed by atoms with Crippen LogP contribution < -0.4 is 4.74 Å². The van der Waals surface area contributed by atoms with Crippen molar-refractivity contribution in [3.8, 4) is 5.75 Å². The minimum atomic E-state index is 0.0394. The number of piperidine rings is 1. The van der Waals surface area contributed by atoms with Crippen LogP contribution in [0.1, 0.15) is 30.4 Å². The van der Waals surface area contributed by atoms with Gasteiger partial charge in [0.2, 0.25) is 0 Å². The molecule has 0 aliphatic carbocycles. The Balaban J connectivity index is 1.76. The van der Waals surface area contributed by atoms with Gasteiger partial charge in [0.05, 0.1) is 0 Å². The molecule has 0 radical (unpaired) electrons. The Labute approximate surface area is 132 Å². The van der Waals surface area contributed by atoms with E-state index in [4.69, 9.17) is 4.74 Å². The number of hydrogen-bond acceptors (Lipinski definition) is 2. The van der Waals surface area contributed by atoms with E-state index in [0.29, 0.717) is 0 Å². The van der Waals surface area contributed by atoms with Crippen LogP contribution in [0.4, 0.5) is 0 Å². The fourth-order valence-electron chi connectivity index (χ4n) is 3.41. The van der Waals surface area contributed by atoms with Gasteiger partial charge in [-0.1, -0.05) is 55.0 Å². The summed E-state index contributed by atoms with van der Waals surface area (Å²) >= 11 is 0. The molecule has 0 bridgehead atoms. The van der Waals surface area contributed by atoms with Gasteiger partial charge in [-0.2, -0.15) is 0 Å². The van der Waals surface area contributed by atoms with Crippen LogP contribution in [0, 0.1) is 0 Å². The summed E-state index contributed by atoms with van der Waals surface area (Å²) in [6, 6.07) is 19.0. The Morgan fingerprint density at radius 3 is 2.36 bits per heavy atom. The molecular formula is C20H21NO. The Hall–Kier alpha value is -2.06. The fraction of sp³-hybridized carbons (Fsp3) is 0.300. The molecule has 2 heterocycles. The summed E-state index contributed by atoms with van der Waals surface area (Å²) in [4.78, 5) is 2.48. The SMILES string of the molecule is C1=C(c2ccccc2)C(N2CCCCC2)Oc2ccccc21. The summed E-state index contributed by atoms with van der Waals surface area (Å²) in [5.41, 5.74) is 3.71. The average molecular weight is 291 g/mol. The summed E-state index contributed by atoms with van der Waals surface area (Å²) in [7, 11) is 0. The Bertz CT molecular complexity index is 671. The standard InChI is InChI=1S/C20H21NO/c1-3-9-16(10-4-1)18-15-17-11-5-6-12-19(17)22-20(18)21-13-7-2-8-14-21/h1,3-6,9-12,15,20H,2,7-8,13-14H2. The lowest BCUT2D eigenvalue weighted by Crippen LogP contribution is -2.44. The van der Waals surface area contributed by atoms with Gasteiger partial charge < -0.3 is 4.74 Å². The topological polar surface area (TPSA) is 12.5 Å². The molecule has 0 saturated carbocycles. The molecule has 2 heteroatoms. The molecule has 1 atom stereocenters. The summed E-state index contributed by atoms with van der Waals surface area (Å²) in [5, 5.41) is 0. The third-order valence-corrected chi connectivity index (χ3v) is 4.56. The highest BCUT2D eigenvalue weighted by Crippen LogP contribution is 2.36. The van der Waals surface area contributed by atoms with Gasteiger partial charge in [0.15, 0.2) is 6.23 Å². The zero-order valence-electron chi connectivity index (χ0n) is 12.7. The second-order valence-corrected chi connectivity index (χ2v) is 6.07. The van der Waals surface area contributed by atoms with E-state index in [9.17, 15) is 0 Å². The quantitative estimate of drug-likeness (QED) is 0.811. The number of hydrogen-bond donors (Lipinski definition) is 0. The molecule has 2 aliphatic rings. The molecule has 112 valence electrons. The lowest BCUT2D eigenvalue weighted by atomic mass is 9.97. The number of para-hydroxylation sites is 1. The first-order valence-electron chi connectivity index (χ1n) is 8.18. The zero-order valence-corrected chi connectivity index (χ0v) is 12.7. The van der Waals surface area contributed by atoms with Crippen molar-refractivity contribution in [3.05, 3.63) is 65.7 Å². The first-order chi connectivity index (χ1) is 10.9. The molecule has 22 heavy (non-hydrogen) atoms. The van der Waals surface area contributed by atoms with Crippen LogP contribution in [0.25, 0.3) is 11.6 Å². The van der Waals surface area contributed by atoms with Gasteiger partial charge in [-0.3, -0.25) is 4.90 Å². The summed E-state index contributed by atoms with van der Waals surface area (Å²) in [6.07, 6.45) is 6.21. The van der Waals surface area contributed by atoms with Gasteiger partial charge in [-0.25, -0.2) is 0 Å². The first-order valence-corrected chi connectivity index (χ1v) is 8.18. The Morgan fingerprint density at radius 2 is 1.55 bits per heavy atom. The van der Waals surface area contributed by atoms with Crippen LogP contribution in [0.15, 0.2) is 54.6 Å². The molecule has 1 fully saturated rings. The van der Waals surface area contributed by atoms with Crippen molar-refractivity contribution in [1.82, 2.24) is 4.90 Å². The van der Waals surface area contributed by atoms with E-state index in [1.807, 2.05) is 6.07 Å². The van der Waals surface area contributed by atoms with E-state index in [0.717, 1.165) is 18.8 Å². The van der Waals surface area contributed by atoms with Crippen molar-refractivity contribution >= 4 is 11.6 Å². The lowest BCUT2D eigenvalue weighted by Gasteiger charge is -2.38. The molecule has 1 unspecified atom stereocenters. The van der Waals surface area contributed by atoms with Gasteiger partial charge in [-0.05, 0) is 30.5 Å². The maximum Gasteiger partial charge on any atom is 0.179 e. The van der Waals surface area contributed by atoms with Gasteiger partial charge in [0.1, 0.15) is 5.75 Å². The molecule has 0 spiro atoms. The summed E-state index contributed by atoms with van der Waals surface area (Å²) in [5.74, 6) is 0.998. The first kappa shape index (κ1) is 13.6. The second-order valence-electron chi connectivity index (χ2n) is 6.07. The summed E-state index contributed by atoms with van der Waals surface area (Å²) in [6.45, 7) is 2.24. The van der Waals surface area contributed by atoms with E-state index in [1.165, 1.54) is 36.0 Å². The molecule has 0 N–H and O–H groups in total. The average Bonchev–Trinajstić information content (AvgIpc) is 2.62. The number of nitrogens with zero attached hydrogens (tertiary/aromatic N) is 1. The second kappa shape index (κ2) is 5.98. The van der Waals surface area contributed by atoms with Gasteiger partial charge in [-0.15, -0.1) is 0 Å². The monoisotopic (exact) mass is 291 g/mol. The molecule has 4 rings (SSSR count). The van der Waals surface area contributed by atoms with E-state index in [1.54, 1.807) is 0 Å². The molecule has 2 aromatic rings. The van der Waals surface area contributed by atoms with Crippen LogP contribution in [0.5, 0.6) is 5.75 Å². The Morgan fingerprint density at radius 1 is 0.818 bits per heavy atom. The largest absolute Gasteiger partial charge is 0.470 e.